The van der Waals surface area contributed by atoms with Crippen molar-refractivity contribution in [3.05, 3.63) is 35.9 Å². The standard InChI is InChI=1S/C21H32N4O.HI/c1-21(2)18(17-9-14-26-19(17)21)23-20(22-3)25-12-10-24(11-13-25)15-16-7-5-4-6-8-16;/h4-8,17-19H,9-15H2,1-3H3,(H,22,23);1H. The van der Waals surface area contributed by atoms with Crippen molar-refractivity contribution < 1.29 is 4.74 Å². The number of ether oxygens (including phenoxy) is 1. The Morgan fingerprint density at radius 2 is 1.89 bits per heavy atom. The van der Waals surface area contributed by atoms with Crippen molar-refractivity contribution in [1.82, 2.24) is 15.1 Å². The average Bonchev–Trinajstić information content (AvgIpc) is 3.11. The molecule has 3 unspecified atom stereocenters. The molecule has 1 aliphatic carbocycles. The van der Waals surface area contributed by atoms with E-state index in [0.717, 1.165) is 45.3 Å². The number of guanidine groups is 1. The van der Waals surface area contributed by atoms with Gasteiger partial charge >= 0.3 is 0 Å². The number of hydrogen-bond donors (Lipinski definition) is 1. The molecule has 1 aromatic carbocycles. The van der Waals surface area contributed by atoms with Crippen LogP contribution in [0.25, 0.3) is 0 Å². The minimum absolute atomic E-state index is 0. The van der Waals surface area contributed by atoms with Crippen LogP contribution in [0.3, 0.4) is 0 Å². The molecule has 0 radical (unpaired) electrons. The van der Waals surface area contributed by atoms with E-state index in [-0.39, 0.29) is 29.4 Å². The second kappa shape index (κ2) is 8.66. The first-order valence-corrected chi connectivity index (χ1v) is 9.96. The second-order valence-electron chi connectivity index (χ2n) is 8.48. The number of piperazine rings is 1. The van der Waals surface area contributed by atoms with Gasteiger partial charge < -0.3 is 15.0 Å². The van der Waals surface area contributed by atoms with E-state index in [2.05, 4.69) is 64.3 Å². The highest BCUT2D eigenvalue weighted by Crippen LogP contribution is 2.52. The molecule has 4 rings (SSSR count). The van der Waals surface area contributed by atoms with E-state index in [0.29, 0.717) is 18.1 Å². The van der Waals surface area contributed by atoms with Gasteiger partial charge in [0.15, 0.2) is 5.96 Å². The molecule has 3 aliphatic rings. The molecule has 150 valence electrons. The molecule has 3 fully saturated rings. The molecule has 1 N–H and O–H groups in total. The van der Waals surface area contributed by atoms with Crippen LogP contribution >= 0.6 is 24.0 Å². The molecular weight excluding hydrogens is 451 g/mol. The van der Waals surface area contributed by atoms with Gasteiger partial charge in [0.05, 0.1) is 6.10 Å². The third-order valence-electron chi connectivity index (χ3n) is 6.52. The summed E-state index contributed by atoms with van der Waals surface area (Å²) in [6.07, 6.45) is 1.59. The number of benzene rings is 1. The number of aliphatic imine (C=N–C) groups is 1. The van der Waals surface area contributed by atoms with Gasteiger partial charge in [-0.2, -0.15) is 0 Å². The Hall–Kier alpha value is -0.860. The highest BCUT2D eigenvalue weighted by Gasteiger charge is 2.59. The molecule has 1 aromatic rings. The van der Waals surface area contributed by atoms with E-state index in [1.807, 2.05) is 7.05 Å². The van der Waals surface area contributed by atoms with Crippen LogP contribution in [0.4, 0.5) is 0 Å². The fourth-order valence-electron chi connectivity index (χ4n) is 5.01. The lowest BCUT2D eigenvalue weighted by Gasteiger charge is -2.55. The van der Waals surface area contributed by atoms with E-state index in [9.17, 15) is 0 Å². The molecule has 5 nitrogen and oxygen atoms in total. The molecule has 0 aromatic heterocycles. The fraction of sp³-hybridized carbons (Fsp3) is 0.667. The molecule has 2 heterocycles. The molecule has 3 atom stereocenters. The lowest BCUT2D eigenvalue weighted by molar-refractivity contribution is -0.107. The highest BCUT2D eigenvalue weighted by atomic mass is 127. The maximum Gasteiger partial charge on any atom is 0.193 e. The summed E-state index contributed by atoms with van der Waals surface area (Å²) in [7, 11) is 1.91. The van der Waals surface area contributed by atoms with Gasteiger partial charge in [-0.25, -0.2) is 0 Å². The van der Waals surface area contributed by atoms with E-state index in [1.165, 1.54) is 12.0 Å². The minimum Gasteiger partial charge on any atom is -0.377 e. The smallest absolute Gasteiger partial charge is 0.193 e. The SMILES string of the molecule is CN=C(NC1C2CCOC2C1(C)C)N1CCN(Cc2ccccc2)CC1.I. The van der Waals surface area contributed by atoms with E-state index >= 15 is 0 Å². The summed E-state index contributed by atoms with van der Waals surface area (Å²) in [4.78, 5) is 9.55. The quantitative estimate of drug-likeness (QED) is 0.407. The monoisotopic (exact) mass is 484 g/mol. The van der Waals surface area contributed by atoms with Crippen LogP contribution in [0, 0.1) is 11.3 Å². The van der Waals surface area contributed by atoms with Gasteiger partial charge in [0.1, 0.15) is 0 Å². The summed E-state index contributed by atoms with van der Waals surface area (Å²) >= 11 is 0. The Morgan fingerprint density at radius 3 is 2.56 bits per heavy atom. The molecule has 0 spiro atoms. The van der Waals surface area contributed by atoms with Crippen molar-refractivity contribution in [2.45, 2.75) is 39.0 Å². The van der Waals surface area contributed by atoms with Crippen molar-refractivity contribution in [3.63, 3.8) is 0 Å². The first-order chi connectivity index (χ1) is 12.6. The van der Waals surface area contributed by atoms with Crippen molar-refractivity contribution in [1.29, 1.82) is 0 Å². The van der Waals surface area contributed by atoms with Crippen molar-refractivity contribution in [3.8, 4) is 0 Å². The van der Waals surface area contributed by atoms with Crippen LogP contribution in [0.2, 0.25) is 0 Å². The zero-order valence-electron chi connectivity index (χ0n) is 16.7. The highest BCUT2D eigenvalue weighted by molar-refractivity contribution is 14.0. The summed E-state index contributed by atoms with van der Waals surface area (Å²) < 4.78 is 5.93. The summed E-state index contributed by atoms with van der Waals surface area (Å²) in [6, 6.07) is 11.2. The van der Waals surface area contributed by atoms with E-state index < -0.39 is 0 Å². The van der Waals surface area contributed by atoms with Gasteiger partial charge in [0.25, 0.3) is 0 Å². The largest absolute Gasteiger partial charge is 0.377 e. The summed E-state index contributed by atoms with van der Waals surface area (Å²) in [5.41, 5.74) is 1.58. The molecule has 2 aliphatic heterocycles. The van der Waals surface area contributed by atoms with Crippen LogP contribution in [0.5, 0.6) is 0 Å². The number of fused-ring (bicyclic) bond motifs is 1. The van der Waals surface area contributed by atoms with E-state index in [1.54, 1.807) is 0 Å². The van der Waals surface area contributed by atoms with E-state index in [4.69, 9.17) is 4.74 Å². The van der Waals surface area contributed by atoms with Crippen LogP contribution < -0.4 is 5.32 Å². The number of halogens is 1. The van der Waals surface area contributed by atoms with Gasteiger partial charge in [0.2, 0.25) is 0 Å². The number of rotatable bonds is 3. The Kier molecular flexibility index (Phi) is 6.69. The van der Waals surface area contributed by atoms with Crippen molar-refractivity contribution in [2.75, 3.05) is 39.8 Å². The molecule has 27 heavy (non-hydrogen) atoms. The first kappa shape index (κ1) is 20.9. The molecule has 0 bridgehead atoms. The maximum absolute atomic E-state index is 5.93. The van der Waals surface area contributed by atoms with Gasteiger partial charge in [0, 0.05) is 63.8 Å². The van der Waals surface area contributed by atoms with Crippen LogP contribution in [0.15, 0.2) is 35.3 Å². The second-order valence-corrected chi connectivity index (χ2v) is 8.48. The van der Waals surface area contributed by atoms with Gasteiger partial charge in [-0.05, 0) is 12.0 Å². The van der Waals surface area contributed by atoms with Crippen molar-refractivity contribution in [2.24, 2.45) is 16.3 Å². The summed E-state index contributed by atoms with van der Waals surface area (Å²) in [5.74, 6) is 1.70. The number of nitrogens with zero attached hydrogens (tertiary/aromatic N) is 3. The summed E-state index contributed by atoms with van der Waals surface area (Å²) in [5, 5.41) is 3.78. The lowest BCUT2D eigenvalue weighted by atomic mass is 9.57. The molecule has 1 saturated carbocycles. The molecular formula is C21H33IN4O. The fourth-order valence-corrected chi connectivity index (χ4v) is 5.01. The Balaban J connectivity index is 0.00000210. The van der Waals surface area contributed by atoms with Gasteiger partial charge in [-0.15, -0.1) is 24.0 Å². The average molecular weight is 484 g/mol. The summed E-state index contributed by atoms with van der Waals surface area (Å²) in [6.45, 7) is 10.8. The van der Waals surface area contributed by atoms with Crippen LogP contribution in [0.1, 0.15) is 25.8 Å². The maximum atomic E-state index is 5.93. The Bertz CT molecular complexity index is 643. The molecule has 0 amide bonds. The number of hydrogen-bond acceptors (Lipinski definition) is 3. The van der Waals surface area contributed by atoms with Gasteiger partial charge in [-0.1, -0.05) is 44.2 Å². The zero-order chi connectivity index (χ0) is 18.1. The lowest BCUT2D eigenvalue weighted by Crippen LogP contribution is -2.68. The Labute approximate surface area is 180 Å². The Morgan fingerprint density at radius 1 is 1.19 bits per heavy atom. The zero-order valence-corrected chi connectivity index (χ0v) is 19.1. The van der Waals surface area contributed by atoms with Crippen LogP contribution in [-0.2, 0) is 11.3 Å². The van der Waals surface area contributed by atoms with Crippen LogP contribution in [-0.4, -0.2) is 67.7 Å². The van der Waals surface area contributed by atoms with Crippen molar-refractivity contribution >= 4 is 29.9 Å². The third-order valence-corrected chi connectivity index (χ3v) is 6.52. The van der Waals surface area contributed by atoms with Gasteiger partial charge in [-0.3, -0.25) is 9.89 Å². The topological polar surface area (TPSA) is 40.1 Å². The third kappa shape index (κ3) is 4.12. The molecule has 2 saturated heterocycles. The predicted octanol–water partition coefficient (Wildman–Crippen LogP) is 2.81. The number of nitrogens with one attached hydrogen (secondary N) is 1. The normalized spacial score (nSPS) is 30.3. The predicted molar refractivity (Wildman–Crippen MR) is 121 cm³/mol. The first-order valence-electron chi connectivity index (χ1n) is 9.96. The molecule has 6 heteroatoms. The minimum atomic E-state index is 0.